The Bertz CT molecular complexity index is 902. The van der Waals surface area contributed by atoms with Gasteiger partial charge in [-0.1, -0.05) is 53.8 Å². The minimum Gasteiger partial charge on any atom is -0.346 e. The van der Waals surface area contributed by atoms with Gasteiger partial charge >= 0.3 is 0 Å². The highest BCUT2D eigenvalue weighted by Gasteiger charge is 2.13. The van der Waals surface area contributed by atoms with Gasteiger partial charge in [0.25, 0.3) is 5.91 Å². The lowest BCUT2D eigenvalue weighted by Crippen LogP contribution is -2.24. The van der Waals surface area contributed by atoms with Crippen LogP contribution in [0.2, 0.25) is 0 Å². The molecule has 2 aromatic carbocycles. The Hall–Kier alpha value is -3.35. The molecule has 0 aliphatic rings. The van der Waals surface area contributed by atoms with Crippen LogP contribution in [0.1, 0.15) is 21.6 Å². The van der Waals surface area contributed by atoms with Crippen molar-refractivity contribution < 1.29 is 13.6 Å². The largest absolute Gasteiger partial charge is 0.346 e. The van der Waals surface area contributed by atoms with Crippen LogP contribution in [0.5, 0.6) is 0 Å². The summed E-state index contributed by atoms with van der Waals surface area (Å²) in [5, 5.41) is 10.1. The summed E-state index contributed by atoms with van der Waals surface area (Å²) in [5.74, 6) is -1.97. The quantitative estimate of drug-likeness (QED) is 0.739. The van der Waals surface area contributed by atoms with E-state index < -0.39 is 17.5 Å². The average Bonchev–Trinajstić information content (AvgIpc) is 3.11. The highest BCUT2D eigenvalue weighted by Crippen LogP contribution is 2.11. The third-order valence-corrected chi connectivity index (χ3v) is 3.66. The number of nitrogens with one attached hydrogen (secondary N) is 1. The Morgan fingerprint density at radius 1 is 1.08 bits per heavy atom. The second kappa shape index (κ2) is 8.15. The maximum absolute atomic E-state index is 13.6. The molecule has 0 aliphatic carbocycles. The zero-order valence-corrected chi connectivity index (χ0v) is 13.8. The number of hydrogen-bond acceptors (Lipinski definition) is 3. The Morgan fingerprint density at radius 3 is 2.54 bits per heavy atom. The number of aromatic nitrogens is 3. The molecule has 3 rings (SSSR count). The molecule has 0 saturated heterocycles. The molecular formula is C19H16F2N4O. The summed E-state index contributed by atoms with van der Waals surface area (Å²) >= 11 is 0. The normalized spacial score (nSPS) is 11.0. The van der Waals surface area contributed by atoms with Crippen molar-refractivity contribution in [1.82, 2.24) is 20.3 Å². The summed E-state index contributed by atoms with van der Waals surface area (Å²) in [7, 11) is 0. The van der Waals surface area contributed by atoms with Crippen molar-refractivity contribution in [2.45, 2.75) is 13.1 Å². The van der Waals surface area contributed by atoms with E-state index in [2.05, 4.69) is 15.6 Å². The van der Waals surface area contributed by atoms with E-state index >= 15 is 0 Å². The summed E-state index contributed by atoms with van der Waals surface area (Å²) in [5.41, 5.74) is 0.936. The second-order valence-electron chi connectivity index (χ2n) is 5.52. The molecule has 1 aromatic heterocycles. The molecule has 0 spiro atoms. The van der Waals surface area contributed by atoms with E-state index in [0.29, 0.717) is 6.54 Å². The molecule has 1 N–H and O–H groups in total. The maximum Gasteiger partial charge on any atom is 0.273 e. The lowest BCUT2D eigenvalue weighted by atomic mass is 10.2. The van der Waals surface area contributed by atoms with Gasteiger partial charge in [0.05, 0.1) is 12.7 Å². The molecule has 1 heterocycles. The molecule has 132 valence electrons. The van der Waals surface area contributed by atoms with Crippen LogP contribution in [0.25, 0.3) is 6.08 Å². The van der Waals surface area contributed by atoms with Crippen LogP contribution in [-0.4, -0.2) is 20.9 Å². The van der Waals surface area contributed by atoms with Gasteiger partial charge in [-0.25, -0.2) is 13.5 Å². The monoisotopic (exact) mass is 354 g/mol. The number of benzene rings is 2. The Kier molecular flexibility index (Phi) is 5.48. The van der Waals surface area contributed by atoms with Gasteiger partial charge in [0.15, 0.2) is 5.69 Å². The number of rotatable bonds is 6. The van der Waals surface area contributed by atoms with Crippen LogP contribution in [0, 0.1) is 11.6 Å². The molecule has 0 aliphatic heterocycles. The van der Waals surface area contributed by atoms with Gasteiger partial charge in [-0.2, -0.15) is 0 Å². The van der Waals surface area contributed by atoms with Crippen LogP contribution in [0.3, 0.4) is 0 Å². The van der Waals surface area contributed by atoms with E-state index in [-0.39, 0.29) is 17.8 Å². The molecule has 0 unspecified atom stereocenters. The SMILES string of the molecule is O=C(NCc1c(F)cccc1F)c1cn(C/C=C/c2ccccc2)nn1. The van der Waals surface area contributed by atoms with Crippen molar-refractivity contribution in [1.29, 1.82) is 0 Å². The van der Waals surface area contributed by atoms with E-state index in [4.69, 9.17) is 0 Å². The predicted molar refractivity (Wildman–Crippen MR) is 93.0 cm³/mol. The number of allylic oxidation sites excluding steroid dienone is 1. The van der Waals surface area contributed by atoms with E-state index in [1.54, 1.807) is 0 Å². The summed E-state index contributed by atoms with van der Waals surface area (Å²) in [6, 6.07) is 13.3. The van der Waals surface area contributed by atoms with E-state index in [9.17, 15) is 13.6 Å². The van der Waals surface area contributed by atoms with Crippen LogP contribution < -0.4 is 5.32 Å². The first kappa shape index (κ1) is 17.5. The van der Waals surface area contributed by atoms with E-state index in [1.165, 1.54) is 16.9 Å². The molecule has 5 nitrogen and oxygen atoms in total. The molecule has 3 aromatic rings. The fourth-order valence-corrected chi connectivity index (χ4v) is 2.31. The Balaban J connectivity index is 1.57. The van der Waals surface area contributed by atoms with Gasteiger partial charge in [-0.15, -0.1) is 5.10 Å². The summed E-state index contributed by atoms with van der Waals surface area (Å²) in [4.78, 5) is 12.1. The number of carbonyl (C=O) groups is 1. The Labute approximate surface area is 149 Å². The number of amides is 1. The predicted octanol–water partition coefficient (Wildman–Crippen LogP) is 3.20. The topological polar surface area (TPSA) is 59.8 Å². The summed E-state index contributed by atoms with van der Waals surface area (Å²) in [6.07, 6.45) is 5.30. The van der Waals surface area contributed by atoms with Gasteiger partial charge in [0.1, 0.15) is 11.6 Å². The molecule has 7 heteroatoms. The zero-order valence-electron chi connectivity index (χ0n) is 13.8. The van der Waals surface area contributed by atoms with Crippen LogP contribution in [-0.2, 0) is 13.1 Å². The average molecular weight is 354 g/mol. The van der Waals surface area contributed by atoms with Crippen molar-refractivity contribution in [3.8, 4) is 0 Å². The van der Waals surface area contributed by atoms with E-state index in [0.717, 1.165) is 17.7 Å². The molecule has 0 fully saturated rings. The molecule has 0 bridgehead atoms. The molecule has 0 atom stereocenters. The van der Waals surface area contributed by atoms with Gasteiger partial charge in [-0.05, 0) is 17.7 Å². The minimum absolute atomic E-state index is 0.0786. The fourth-order valence-electron chi connectivity index (χ4n) is 2.31. The molecular weight excluding hydrogens is 338 g/mol. The summed E-state index contributed by atoms with van der Waals surface area (Å²) < 4.78 is 28.6. The Morgan fingerprint density at radius 2 is 1.81 bits per heavy atom. The molecule has 0 saturated carbocycles. The van der Waals surface area contributed by atoms with Crippen LogP contribution >= 0.6 is 0 Å². The highest BCUT2D eigenvalue weighted by molar-refractivity contribution is 5.91. The molecule has 26 heavy (non-hydrogen) atoms. The lowest BCUT2D eigenvalue weighted by molar-refractivity contribution is 0.0945. The third-order valence-electron chi connectivity index (χ3n) is 3.66. The maximum atomic E-state index is 13.6. The number of carbonyl (C=O) groups excluding carboxylic acids is 1. The van der Waals surface area contributed by atoms with Crippen molar-refractivity contribution in [2.75, 3.05) is 0 Å². The van der Waals surface area contributed by atoms with Crippen molar-refractivity contribution in [2.24, 2.45) is 0 Å². The second-order valence-corrected chi connectivity index (χ2v) is 5.52. The van der Waals surface area contributed by atoms with Crippen LogP contribution in [0.4, 0.5) is 8.78 Å². The van der Waals surface area contributed by atoms with Gasteiger partial charge in [0, 0.05) is 12.1 Å². The molecule has 0 radical (unpaired) electrons. The van der Waals surface area contributed by atoms with Gasteiger partial charge in [-0.3, -0.25) is 4.79 Å². The summed E-state index contributed by atoms with van der Waals surface area (Å²) in [6.45, 7) is 0.176. The number of hydrogen-bond donors (Lipinski definition) is 1. The van der Waals surface area contributed by atoms with Crippen molar-refractivity contribution in [3.63, 3.8) is 0 Å². The lowest BCUT2D eigenvalue weighted by Gasteiger charge is -2.05. The highest BCUT2D eigenvalue weighted by atomic mass is 19.1. The minimum atomic E-state index is -0.708. The fraction of sp³-hybridized carbons (Fsp3) is 0.105. The smallest absolute Gasteiger partial charge is 0.273 e. The van der Waals surface area contributed by atoms with E-state index in [1.807, 2.05) is 42.5 Å². The number of halogens is 2. The first-order valence-electron chi connectivity index (χ1n) is 7.96. The number of nitrogens with zero attached hydrogens (tertiary/aromatic N) is 3. The third kappa shape index (κ3) is 4.38. The van der Waals surface area contributed by atoms with Crippen LogP contribution in [0.15, 0.2) is 60.8 Å². The van der Waals surface area contributed by atoms with Gasteiger partial charge in [0.2, 0.25) is 0 Å². The first-order valence-corrected chi connectivity index (χ1v) is 7.96. The van der Waals surface area contributed by atoms with Crippen molar-refractivity contribution >= 4 is 12.0 Å². The van der Waals surface area contributed by atoms with Gasteiger partial charge < -0.3 is 5.32 Å². The standard InChI is InChI=1S/C19H16F2N4O/c20-16-9-4-10-17(21)15(16)12-22-19(26)18-13-25(24-23-18)11-5-8-14-6-2-1-3-7-14/h1-10,13H,11-12H2,(H,22,26)/b8-5+. The zero-order chi connectivity index (χ0) is 18.4. The molecule has 1 amide bonds. The first-order chi connectivity index (χ1) is 12.6. The van der Waals surface area contributed by atoms with Crippen molar-refractivity contribution in [3.05, 3.63) is 89.3 Å².